The molecule has 3 N–H and O–H groups in total. The normalized spacial score (nSPS) is 10.8. The zero-order chi connectivity index (χ0) is 34.9. The number of anilines is 3. The molecule has 4 aromatic carbocycles. The van der Waals surface area contributed by atoms with E-state index in [0.717, 1.165) is 63.6 Å². The van der Waals surface area contributed by atoms with Crippen LogP contribution in [0.1, 0.15) is 27.4 Å². The van der Waals surface area contributed by atoms with Crippen LogP contribution >= 0.6 is 12.2 Å². The highest BCUT2D eigenvalue weighted by Crippen LogP contribution is 2.34. The van der Waals surface area contributed by atoms with Crippen LogP contribution in [0.2, 0.25) is 0 Å². The van der Waals surface area contributed by atoms with Crippen LogP contribution in [0, 0.1) is 6.92 Å². The van der Waals surface area contributed by atoms with Crippen molar-refractivity contribution in [2.75, 3.05) is 37.5 Å². The molecular weight excluding hydrogens is 633 g/mol. The lowest BCUT2D eigenvalue weighted by Gasteiger charge is -2.24. The van der Waals surface area contributed by atoms with Crippen LogP contribution in [0.15, 0.2) is 120 Å². The van der Waals surface area contributed by atoms with Crippen LogP contribution in [-0.4, -0.2) is 59.0 Å². The summed E-state index contributed by atoms with van der Waals surface area (Å²) in [7, 11) is 6.11. The summed E-state index contributed by atoms with van der Waals surface area (Å²) in [6.45, 7) is 3.57. The van der Waals surface area contributed by atoms with Crippen LogP contribution in [0.4, 0.5) is 17.1 Å². The van der Waals surface area contributed by atoms with Gasteiger partial charge < -0.3 is 25.1 Å². The van der Waals surface area contributed by atoms with Gasteiger partial charge in [-0.2, -0.15) is 10.2 Å². The Balaban J connectivity index is 0.000000452. The summed E-state index contributed by atoms with van der Waals surface area (Å²) in [5.74, 6) is 0.0403. The summed E-state index contributed by atoms with van der Waals surface area (Å²) < 4.78 is 6.14. The Kier molecular flexibility index (Phi) is 11.4. The molecule has 9 nitrogen and oxygen atoms in total. The molecule has 0 aliphatic rings. The first kappa shape index (κ1) is 34.7. The van der Waals surface area contributed by atoms with Crippen LogP contribution in [0.5, 0.6) is 0 Å². The van der Waals surface area contributed by atoms with Crippen LogP contribution < -0.4 is 15.5 Å². The van der Waals surface area contributed by atoms with Gasteiger partial charge >= 0.3 is 5.97 Å². The Labute approximate surface area is 292 Å². The van der Waals surface area contributed by atoms with E-state index in [1.54, 1.807) is 36.5 Å². The maximum atomic E-state index is 10.2. The second-order valence-electron chi connectivity index (χ2n) is 11.9. The third kappa shape index (κ3) is 8.86. The number of thiocarbonyl (C=S) groups is 1. The molecule has 49 heavy (non-hydrogen) atoms. The summed E-state index contributed by atoms with van der Waals surface area (Å²) in [5, 5.41) is 18.2. The van der Waals surface area contributed by atoms with E-state index in [2.05, 4.69) is 58.5 Å². The van der Waals surface area contributed by atoms with Crippen molar-refractivity contribution in [1.82, 2.24) is 15.1 Å². The quantitative estimate of drug-likeness (QED) is 0.140. The molecule has 0 bridgehead atoms. The number of hydrogen-bond acceptors (Lipinski definition) is 7. The molecule has 0 fully saturated rings. The summed E-state index contributed by atoms with van der Waals surface area (Å²) in [4.78, 5) is 16.4. The molecule has 2 aromatic heterocycles. The van der Waals surface area contributed by atoms with Crippen molar-refractivity contribution in [1.29, 1.82) is 0 Å². The minimum atomic E-state index is -0.879. The fraction of sp³-hybridized carbons (Fsp3) is 0.179. The predicted molar refractivity (Wildman–Crippen MR) is 202 cm³/mol. The van der Waals surface area contributed by atoms with Gasteiger partial charge in [-0.15, -0.1) is 0 Å². The molecule has 0 atom stereocenters. The van der Waals surface area contributed by atoms with Crippen molar-refractivity contribution in [3.8, 4) is 11.1 Å². The highest BCUT2D eigenvalue weighted by atomic mass is 32.1. The van der Waals surface area contributed by atoms with Gasteiger partial charge in [-0.25, -0.2) is 4.79 Å². The fourth-order valence-corrected chi connectivity index (χ4v) is 5.74. The molecule has 0 amide bonds. The first-order chi connectivity index (χ1) is 23.6. The zero-order valence-corrected chi connectivity index (χ0v) is 28.9. The number of fused-ring (bicyclic) bond motifs is 1. The first-order valence-corrected chi connectivity index (χ1v) is 16.2. The highest BCUT2D eigenvalue weighted by molar-refractivity contribution is 7.80. The minimum absolute atomic E-state index is 0.284. The number of aryl methyl sites for hydroxylation is 1. The summed E-state index contributed by atoms with van der Waals surface area (Å²) in [5.41, 5.74) is 14.7. The molecule has 6 rings (SSSR count). The number of likely N-dealkylation sites (N-methyl/N-ethyl adjacent to an activating group) is 1. The van der Waals surface area contributed by atoms with Gasteiger partial charge in [0, 0.05) is 49.5 Å². The molecule has 0 radical (unpaired) electrons. The van der Waals surface area contributed by atoms with Gasteiger partial charge in [0.2, 0.25) is 0 Å². The van der Waals surface area contributed by atoms with E-state index in [1.807, 2.05) is 73.3 Å². The average molecular weight is 673 g/mol. The van der Waals surface area contributed by atoms with Gasteiger partial charge in [-0.05, 0) is 92.3 Å². The Morgan fingerprint density at radius 1 is 0.837 bits per heavy atom. The fourth-order valence-electron chi connectivity index (χ4n) is 5.53. The number of carboxylic acids is 1. The van der Waals surface area contributed by atoms with Crippen molar-refractivity contribution >= 4 is 51.3 Å². The van der Waals surface area contributed by atoms with Gasteiger partial charge in [0.05, 0.1) is 23.1 Å². The predicted octanol–water partition coefficient (Wildman–Crippen LogP) is 7.71. The van der Waals surface area contributed by atoms with E-state index in [1.165, 1.54) is 5.56 Å². The maximum Gasteiger partial charge on any atom is 0.335 e. The van der Waals surface area contributed by atoms with Gasteiger partial charge in [-0.1, -0.05) is 60.7 Å². The molecule has 2 heterocycles. The zero-order valence-electron chi connectivity index (χ0n) is 28.1. The smallest absolute Gasteiger partial charge is 0.335 e. The molecule has 0 aliphatic heterocycles. The first-order valence-electron chi connectivity index (χ1n) is 15.8. The number of nitrogens with two attached hydrogens (primary N) is 1. The number of hydrogen-bond donors (Lipinski definition) is 2. The van der Waals surface area contributed by atoms with E-state index in [9.17, 15) is 4.79 Å². The van der Waals surface area contributed by atoms with Gasteiger partial charge in [0.1, 0.15) is 11.3 Å². The Morgan fingerprint density at radius 2 is 1.51 bits per heavy atom. The standard InChI is InChI=1S/C32H34N6OS.C7H6O2/c1-22-29(15-16-37(4)21-25-18-28(36(2)3)20-34-35-25)30-19-27(13-14-31(30)39-22)38(32(33)40)26-12-8-11-24(17-26)23-9-6-5-7-10-23;8-7(9)6-4-2-1-3-5-6/h5-14,17-20H,15-16,21H2,1-4H3,(H2,33,40);1-5H,(H,8,9). The van der Waals surface area contributed by atoms with Gasteiger partial charge in [-0.3, -0.25) is 4.90 Å². The van der Waals surface area contributed by atoms with Crippen molar-refractivity contribution in [3.05, 3.63) is 138 Å². The largest absolute Gasteiger partial charge is 0.478 e. The average Bonchev–Trinajstić information content (AvgIpc) is 3.42. The molecule has 6 aromatic rings. The SMILES string of the molecule is Cc1oc2ccc(N(C(N)=S)c3cccc(-c4ccccc4)c3)cc2c1CCN(C)Cc1cc(N(C)C)cnn1.O=C(O)c1ccccc1. The third-order valence-electron chi connectivity index (χ3n) is 8.07. The summed E-state index contributed by atoms with van der Waals surface area (Å²) in [6.07, 6.45) is 2.60. The number of benzene rings is 4. The Hall–Kier alpha value is -5.58. The van der Waals surface area contributed by atoms with E-state index in [0.29, 0.717) is 12.1 Å². The third-order valence-corrected chi connectivity index (χ3v) is 8.25. The topological polar surface area (TPSA) is 112 Å². The number of nitrogens with zero attached hydrogens (tertiary/aromatic N) is 5. The van der Waals surface area contributed by atoms with Crippen molar-refractivity contribution in [3.63, 3.8) is 0 Å². The molecule has 0 saturated heterocycles. The molecule has 10 heteroatoms. The van der Waals surface area contributed by atoms with E-state index in [-0.39, 0.29) is 5.11 Å². The van der Waals surface area contributed by atoms with E-state index < -0.39 is 5.97 Å². The van der Waals surface area contributed by atoms with Crippen molar-refractivity contribution in [2.45, 2.75) is 19.9 Å². The van der Waals surface area contributed by atoms with Crippen LogP contribution in [0.3, 0.4) is 0 Å². The monoisotopic (exact) mass is 672 g/mol. The number of aromatic carboxylic acids is 1. The number of rotatable bonds is 10. The van der Waals surface area contributed by atoms with Crippen LogP contribution in [-0.2, 0) is 13.0 Å². The second kappa shape index (κ2) is 16.0. The minimum Gasteiger partial charge on any atom is -0.478 e. The lowest BCUT2D eigenvalue weighted by Crippen LogP contribution is -2.31. The molecule has 0 aliphatic carbocycles. The van der Waals surface area contributed by atoms with Crippen LogP contribution in [0.25, 0.3) is 22.1 Å². The molecule has 0 spiro atoms. The highest BCUT2D eigenvalue weighted by Gasteiger charge is 2.18. The summed E-state index contributed by atoms with van der Waals surface area (Å²) >= 11 is 5.53. The van der Waals surface area contributed by atoms with Crippen molar-refractivity contribution < 1.29 is 14.3 Å². The molecule has 0 unspecified atom stereocenters. The van der Waals surface area contributed by atoms with Crippen molar-refractivity contribution in [2.24, 2.45) is 5.73 Å². The lowest BCUT2D eigenvalue weighted by atomic mass is 10.0. The second-order valence-corrected chi connectivity index (χ2v) is 12.3. The molecule has 0 saturated carbocycles. The number of carbonyl (C=O) groups is 1. The number of carboxylic acid groups (broad SMARTS) is 1. The number of furan rings is 1. The Morgan fingerprint density at radius 3 is 2.16 bits per heavy atom. The van der Waals surface area contributed by atoms with Gasteiger partial charge in [0.25, 0.3) is 0 Å². The van der Waals surface area contributed by atoms with Gasteiger partial charge in [0.15, 0.2) is 5.11 Å². The Bertz CT molecular complexity index is 2030. The maximum absolute atomic E-state index is 10.2. The lowest BCUT2D eigenvalue weighted by molar-refractivity contribution is 0.0697. The summed E-state index contributed by atoms with van der Waals surface area (Å²) in [6, 6.07) is 35.1. The molecule has 250 valence electrons. The van der Waals surface area contributed by atoms with E-state index in [4.69, 9.17) is 27.5 Å². The number of aromatic nitrogens is 2. The molecular formula is C39H40N6O3S. The van der Waals surface area contributed by atoms with E-state index >= 15 is 0 Å².